The topological polar surface area (TPSA) is 99.1 Å². The van der Waals surface area contributed by atoms with Gasteiger partial charge < -0.3 is 25.2 Å². The lowest BCUT2D eigenvalue weighted by molar-refractivity contribution is -0.116. The number of carbonyl (C=O) groups is 2. The van der Waals surface area contributed by atoms with Gasteiger partial charge in [-0.3, -0.25) is 4.79 Å². The fraction of sp³-hybridized carbons (Fsp3) is 0.579. The summed E-state index contributed by atoms with van der Waals surface area (Å²) < 4.78 is 5.12. The Morgan fingerprint density at radius 1 is 1.31 bits per heavy atom. The largest absolute Gasteiger partial charge is 0.444 e. The van der Waals surface area contributed by atoms with Gasteiger partial charge in [0.15, 0.2) is 0 Å². The van der Waals surface area contributed by atoms with Crippen LogP contribution in [0.1, 0.15) is 51.3 Å². The predicted molar refractivity (Wildman–Crippen MR) is 98.0 cm³/mol. The fourth-order valence-electron chi connectivity index (χ4n) is 2.95. The molecule has 2 unspecified atom stereocenters. The number of benzene rings is 1. The van der Waals surface area contributed by atoms with Gasteiger partial charge in [0.2, 0.25) is 5.91 Å². The van der Waals surface area contributed by atoms with Crippen LogP contribution in [0.3, 0.4) is 0 Å². The number of aliphatic hydroxyl groups is 2. The van der Waals surface area contributed by atoms with Gasteiger partial charge in [0.1, 0.15) is 11.7 Å². The van der Waals surface area contributed by atoms with Gasteiger partial charge in [-0.1, -0.05) is 12.1 Å². The van der Waals surface area contributed by atoms with Crippen LogP contribution in [0, 0.1) is 0 Å². The molecule has 0 fully saturated rings. The summed E-state index contributed by atoms with van der Waals surface area (Å²) in [6.45, 7) is 7.66. The maximum absolute atomic E-state index is 11.6. The third-order valence-electron chi connectivity index (χ3n) is 4.19. The van der Waals surface area contributed by atoms with Gasteiger partial charge in [0.05, 0.1) is 6.10 Å². The van der Waals surface area contributed by atoms with E-state index in [9.17, 15) is 19.8 Å². The van der Waals surface area contributed by atoms with Gasteiger partial charge in [-0.15, -0.1) is 0 Å². The summed E-state index contributed by atoms with van der Waals surface area (Å²) in [7, 11) is 0. The Balaban J connectivity index is 1.90. The number of amides is 2. The minimum absolute atomic E-state index is 0.00898. The molecule has 2 rings (SSSR count). The van der Waals surface area contributed by atoms with Crippen LogP contribution < -0.4 is 10.2 Å². The lowest BCUT2D eigenvalue weighted by Crippen LogP contribution is -2.34. The normalized spacial score (nSPS) is 16.0. The third kappa shape index (κ3) is 5.19. The van der Waals surface area contributed by atoms with E-state index < -0.39 is 23.9 Å². The first-order valence-corrected chi connectivity index (χ1v) is 8.82. The number of aliphatic hydroxyl groups excluding tert-OH is 2. The van der Waals surface area contributed by atoms with E-state index in [0.29, 0.717) is 12.1 Å². The minimum atomic E-state index is -1.06. The SMILES string of the molecule is CC(=O)N1CCc2cc(C(O)C(O)CCNC(=O)OC(C)(C)C)ccc21. The minimum Gasteiger partial charge on any atom is -0.444 e. The van der Waals surface area contributed by atoms with E-state index in [2.05, 4.69) is 5.32 Å². The number of fused-ring (bicyclic) bond motifs is 1. The molecule has 3 N–H and O–H groups in total. The van der Waals surface area contributed by atoms with Crippen LogP contribution in [0.15, 0.2) is 18.2 Å². The highest BCUT2D eigenvalue weighted by atomic mass is 16.6. The monoisotopic (exact) mass is 364 g/mol. The Morgan fingerprint density at radius 2 is 2.00 bits per heavy atom. The van der Waals surface area contributed by atoms with Crippen molar-refractivity contribution in [1.82, 2.24) is 5.32 Å². The lowest BCUT2D eigenvalue weighted by Gasteiger charge is -2.22. The molecule has 1 heterocycles. The number of hydrogen-bond acceptors (Lipinski definition) is 5. The van der Waals surface area contributed by atoms with E-state index in [1.165, 1.54) is 6.92 Å². The molecule has 0 radical (unpaired) electrons. The number of anilines is 1. The Kier molecular flexibility index (Phi) is 6.26. The molecule has 2 amide bonds. The van der Waals surface area contributed by atoms with E-state index in [0.717, 1.165) is 17.7 Å². The van der Waals surface area contributed by atoms with Crippen LogP contribution >= 0.6 is 0 Å². The standard InChI is InChI=1S/C19H28N2O5/c1-12(22)21-10-8-13-11-14(5-6-15(13)21)17(24)16(23)7-9-20-18(25)26-19(2,3)4/h5-6,11,16-17,23-24H,7-10H2,1-4H3,(H,20,25). The summed E-state index contributed by atoms with van der Waals surface area (Å²) in [5, 5.41) is 23.1. The molecule has 1 aromatic carbocycles. The molecule has 0 bridgehead atoms. The molecule has 0 saturated carbocycles. The molecule has 1 aliphatic rings. The van der Waals surface area contributed by atoms with Gasteiger partial charge in [-0.05, 0) is 50.8 Å². The second kappa shape index (κ2) is 8.05. The third-order valence-corrected chi connectivity index (χ3v) is 4.19. The maximum Gasteiger partial charge on any atom is 0.407 e. The molecule has 1 aliphatic heterocycles. The fourth-order valence-corrected chi connectivity index (χ4v) is 2.95. The first-order chi connectivity index (χ1) is 12.1. The highest BCUT2D eigenvalue weighted by molar-refractivity contribution is 5.93. The molecule has 7 nitrogen and oxygen atoms in total. The molecule has 0 aliphatic carbocycles. The van der Waals surface area contributed by atoms with Crippen molar-refractivity contribution in [2.45, 2.75) is 58.3 Å². The summed E-state index contributed by atoms with van der Waals surface area (Å²) in [6, 6.07) is 5.34. The number of rotatable bonds is 5. The van der Waals surface area contributed by atoms with Crippen molar-refractivity contribution in [3.8, 4) is 0 Å². The van der Waals surface area contributed by atoms with E-state index in [-0.39, 0.29) is 18.9 Å². The number of ether oxygens (including phenoxy) is 1. The maximum atomic E-state index is 11.6. The van der Waals surface area contributed by atoms with Crippen molar-refractivity contribution in [3.05, 3.63) is 29.3 Å². The van der Waals surface area contributed by atoms with Crippen molar-refractivity contribution in [2.75, 3.05) is 18.0 Å². The van der Waals surface area contributed by atoms with Gasteiger partial charge in [0, 0.05) is 25.7 Å². The summed E-state index contributed by atoms with van der Waals surface area (Å²) in [5.74, 6) is -0.00898. The number of nitrogens with one attached hydrogen (secondary N) is 1. The zero-order valence-corrected chi connectivity index (χ0v) is 15.8. The van der Waals surface area contributed by atoms with Crippen molar-refractivity contribution in [1.29, 1.82) is 0 Å². The van der Waals surface area contributed by atoms with Crippen LogP contribution in [-0.2, 0) is 16.0 Å². The van der Waals surface area contributed by atoms with Crippen LogP contribution in [-0.4, -0.2) is 47.0 Å². The van der Waals surface area contributed by atoms with Crippen LogP contribution in [0.5, 0.6) is 0 Å². The smallest absolute Gasteiger partial charge is 0.407 e. The Morgan fingerprint density at radius 3 is 2.62 bits per heavy atom. The molecule has 2 atom stereocenters. The predicted octanol–water partition coefficient (Wildman–Crippen LogP) is 1.90. The number of hydrogen-bond donors (Lipinski definition) is 3. The lowest BCUT2D eigenvalue weighted by atomic mass is 9.99. The summed E-state index contributed by atoms with van der Waals surface area (Å²) in [4.78, 5) is 24.9. The first kappa shape index (κ1) is 20.2. The zero-order chi connectivity index (χ0) is 19.5. The van der Waals surface area contributed by atoms with E-state index >= 15 is 0 Å². The molecule has 0 aromatic heterocycles. The highest BCUT2D eigenvalue weighted by Crippen LogP contribution is 2.31. The van der Waals surface area contributed by atoms with Crippen molar-refractivity contribution >= 4 is 17.7 Å². The second-order valence-electron chi connectivity index (χ2n) is 7.54. The summed E-state index contributed by atoms with van der Waals surface area (Å²) in [6.07, 6.45) is -1.72. The zero-order valence-electron chi connectivity index (χ0n) is 15.8. The van der Waals surface area contributed by atoms with Crippen LogP contribution in [0.2, 0.25) is 0 Å². The number of carbonyl (C=O) groups excluding carboxylic acids is 2. The average molecular weight is 364 g/mol. The van der Waals surface area contributed by atoms with Gasteiger partial charge in [-0.25, -0.2) is 4.79 Å². The quantitative estimate of drug-likeness (QED) is 0.741. The van der Waals surface area contributed by atoms with Crippen LogP contribution in [0.25, 0.3) is 0 Å². The first-order valence-electron chi connectivity index (χ1n) is 8.82. The van der Waals surface area contributed by atoms with E-state index in [1.807, 2.05) is 6.07 Å². The molecule has 26 heavy (non-hydrogen) atoms. The van der Waals surface area contributed by atoms with Gasteiger partial charge >= 0.3 is 6.09 Å². The van der Waals surface area contributed by atoms with E-state index in [4.69, 9.17) is 4.74 Å². The molecular formula is C19H28N2O5. The van der Waals surface area contributed by atoms with E-state index in [1.54, 1.807) is 37.8 Å². The Bertz CT molecular complexity index is 668. The average Bonchev–Trinajstić information content (AvgIpc) is 2.95. The molecule has 0 saturated heterocycles. The summed E-state index contributed by atoms with van der Waals surface area (Å²) in [5.41, 5.74) is 1.85. The summed E-state index contributed by atoms with van der Waals surface area (Å²) >= 11 is 0. The highest BCUT2D eigenvalue weighted by Gasteiger charge is 2.25. The Labute approximate surface area is 154 Å². The number of alkyl carbamates (subject to hydrolysis) is 1. The van der Waals surface area contributed by atoms with Gasteiger partial charge in [-0.2, -0.15) is 0 Å². The molecule has 1 aromatic rings. The van der Waals surface area contributed by atoms with Crippen LogP contribution in [0.4, 0.5) is 10.5 Å². The number of nitrogens with zero attached hydrogens (tertiary/aromatic N) is 1. The van der Waals surface area contributed by atoms with Gasteiger partial charge in [0.25, 0.3) is 0 Å². The molecule has 144 valence electrons. The molecule has 7 heteroatoms. The van der Waals surface area contributed by atoms with Crippen molar-refractivity contribution in [3.63, 3.8) is 0 Å². The Hall–Kier alpha value is -2.12. The van der Waals surface area contributed by atoms with Crippen molar-refractivity contribution in [2.24, 2.45) is 0 Å². The second-order valence-corrected chi connectivity index (χ2v) is 7.54. The molecule has 0 spiro atoms. The van der Waals surface area contributed by atoms with Crippen molar-refractivity contribution < 1.29 is 24.5 Å². The molecular weight excluding hydrogens is 336 g/mol.